The minimum absolute atomic E-state index is 0.0610. The molecule has 0 saturated heterocycles. The molecule has 0 bridgehead atoms. The zero-order valence-corrected chi connectivity index (χ0v) is 16.5. The molecule has 0 spiro atoms. The fourth-order valence-corrected chi connectivity index (χ4v) is 4.53. The monoisotopic (exact) mass is 350 g/mol. The van der Waals surface area contributed by atoms with Crippen molar-refractivity contribution in [3.05, 3.63) is 0 Å². The van der Waals surface area contributed by atoms with E-state index < -0.39 is 5.00 Å². The molecule has 0 aromatic rings. The highest BCUT2D eigenvalue weighted by Crippen LogP contribution is 2.49. The Morgan fingerprint density at radius 3 is 2.14 bits per heavy atom. The number of hydrogen-bond acceptors (Lipinski definition) is 2. The van der Waals surface area contributed by atoms with Crippen molar-refractivity contribution in [3.63, 3.8) is 0 Å². The molecule has 4 heteroatoms. The predicted molar refractivity (Wildman–Crippen MR) is 100 cm³/mol. The quantitative estimate of drug-likeness (QED) is 0.318. The van der Waals surface area contributed by atoms with Gasteiger partial charge in [0.2, 0.25) is 0 Å². The van der Waals surface area contributed by atoms with Crippen LogP contribution in [-0.4, -0.2) is 29.5 Å². The first-order valence-corrected chi connectivity index (χ1v) is 10.1. The van der Waals surface area contributed by atoms with Gasteiger partial charge in [-0.2, -0.15) is 0 Å². The van der Waals surface area contributed by atoms with E-state index in [-0.39, 0.29) is 5.38 Å². The first kappa shape index (κ1) is 20.5. The summed E-state index contributed by atoms with van der Waals surface area (Å²) in [5.74, 6) is 0. The number of rotatable bonds is 10. The van der Waals surface area contributed by atoms with Gasteiger partial charge in [0.1, 0.15) is 5.00 Å². The third-order valence-electron chi connectivity index (χ3n) is 5.46. The molecule has 1 fully saturated rings. The number of halogens is 2. The number of hydrogen-bond donors (Lipinski definition) is 2. The van der Waals surface area contributed by atoms with E-state index in [0.29, 0.717) is 11.5 Å². The van der Waals surface area contributed by atoms with Crippen LogP contribution in [0.1, 0.15) is 79.1 Å². The Bertz CT molecular complexity index is 307. The van der Waals surface area contributed by atoms with Gasteiger partial charge in [-0.25, -0.2) is 0 Å². The zero-order valence-electron chi connectivity index (χ0n) is 15.0. The Morgan fingerprint density at radius 2 is 1.59 bits per heavy atom. The van der Waals surface area contributed by atoms with Crippen LogP contribution >= 0.6 is 23.2 Å². The molecule has 0 aromatic heterocycles. The van der Waals surface area contributed by atoms with Crippen LogP contribution in [0.3, 0.4) is 0 Å². The molecular weight excluding hydrogens is 315 g/mol. The van der Waals surface area contributed by atoms with E-state index in [1.54, 1.807) is 0 Å². The van der Waals surface area contributed by atoms with Gasteiger partial charge in [-0.15, -0.1) is 23.2 Å². The van der Waals surface area contributed by atoms with Crippen molar-refractivity contribution in [3.8, 4) is 0 Å². The molecular formula is C18H36Cl2N2. The van der Waals surface area contributed by atoms with Crippen LogP contribution in [0.25, 0.3) is 0 Å². The van der Waals surface area contributed by atoms with Crippen molar-refractivity contribution in [2.24, 2.45) is 5.41 Å². The predicted octanol–water partition coefficient (Wildman–Crippen LogP) is 5.28. The molecule has 0 aliphatic heterocycles. The van der Waals surface area contributed by atoms with Crippen LogP contribution in [0.4, 0.5) is 0 Å². The van der Waals surface area contributed by atoms with Gasteiger partial charge in [0, 0.05) is 6.04 Å². The minimum Gasteiger partial charge on any atom is -0.312 e. The molecule has 3 unspecified atom stereocenters. The van der Waals surface area contributed by atoms with Gasteiger partial charge in [-0.05, 0) is 44.2 Å². The normalized spacial score (nSPS) is 31.4. The highest BCUT2D eigenvalue weighted by molar-refractivity contribution is 6.32. The molecule has 22 heavy (non-hydrogen) atoms. The summed E-state index contributed by atoms with van der Waals surface area (Å²) in [4.78, 5) is -0.481. The van der Waals surface area contributed by atoms with Crippen LogP contribution < -0.4 is 10.6 Å². The largest absolute Gasteiger partial charge is 0.312 e. The Labute approximate surface area is 148 Å². The van der Waals surface area contributed by atoms with Crippen molar-refractivity contribution >= 4 is 23.2 Å². The number of nitrogens with one attached hydrogen (secondary N) is 2. The lowest BCUT2D eigenvalue weighted by atomic mass is 9.66. The Morgan fingerprint density at radius 1 is 1.00 bits per heavy atom. The van der Waals surface area contributed by atoms with E-state index in [1.165, 1.54) is 32.1 Å². The molecule has 1 aliphatic carbocycles. The average molecular weight is 351 g/mol. The lowest BCUT2D eigenvalue weighted by Gasteiger charge is -2.51. The highest BCUT2D eigenvalue weighted by atomic mass is 35.5. The number of alkyl halides is 2. The third-order valence-corrected chi connectivity index (χ3v) is 6.75. The molecule has 1 rings (SSSR count). The van der Waals surface area contributed by atoms with E-state index >= 15 is 0 Å². The topological polar surface area (TPSA) is 24.1 Å². The molecule has 0 amide bonds. The number of unbranched alkanes of at least 4 members (excludes halogenated alkanes) is 2. The Hall–Kier alpha value is 0.500. The summed E-state index contributed by atoms with van der Waals surface area (Å²) < 4.78 is 0. The second kappa shape index (κ2) is 9.71. The van der Waals surface area contributed by atoms with Crippen LogP contribution in [0.5, 0.6) is 0 Å². The fraction of sp³-hybridized carbons (Fsp3) is 1.00. The van der Waals surface area contributed by atoms with Gasteiger partial charge in [0.05, 0.1) is 5.38 Å². The molecule has 1 aliphatic rings. The molecule has 0 radical (unpaired) electrons. The minimum atomic E-state index is -0.481. The molecule has 0 aromatic carbocycles. The maximum Gasteiger partial charge on any atom is 0.112 e. The summed E-state index contributed by atoms with van der Waals surface area (Å²) in [6, 6.07) is 0.300. The first-order valence-electron chi connectivity index (χ1n) is 9.28. The van der Waals surface area contributed by atoms with Crippen LogP contribution in [0, 0.1) is 5.41 Å². The van der Waals surface area contributed by atoms with Crippen LogP contribution in [-0.2, 0) is 0 Å². The summed E-state index contributed by atoms with van der Waals surface area (Å²) in [6.07, 6.45) is 9.19. The lowest BCUT2D eigenvalue weighted by molar-refractivity contribution is 0.0986. The second-order valence-corrected chi connectivity index (χ2v) is 8.19. The Balaban J connectivity index is 2.84. The van der Waals surface area contributed by atoms with Crippen molar-refractivity contribution in [1.82, 2.24) is 10.6 Å². The first-order chi connectivity index (χ1) is 10.5. The summed E-state index contributed by atoms with van der Waals surface area (Å²) in [5.41, 5.74) is 0.302. The molecule has 0 heterocycles. The van der Waals surface area contributed by atoms with E-state index in [9.17, 15) is 0 Å². The summed E-state index contributed by atoms with van der Waals surface area (Å²) in [7, 11) is 0. The van der Waals surface area contributed by atoms with Gasteiger partial charge in [0.15, 0.2) is 0 Å². The SMILES string of the molecule is CCCCNC1CC(CC)(CC)CC(Cl)(NCCCC)C1Cl. The summed E-state index contributed by atoms with van der Waals surface area (Å²) in [6.45, 7) is 11.0. The van der Waals surface area contributed by atoms with E-state index in [4.69, 9.17) is 23.2 Å². The molecule has 2 N–H and O–H groups in total. The second-order valence-electron chi connectivity index (χ2n) is 7.05. The van der Waals surface area contributed by atoms with Crippen LogP contribution in [0.15, 0.2) is 0 Å². The third kappa shape index (κ3) is 5.26. The van der Waals surface area contributed by atoms with Gasteiger partial charge in [-0.1, -0.05) is 53.4 Å². The summed E-state index contributed by atoms with van der Waals surface area (Å²) >= 11 is 13.9. The van der Waals surface area contributed by atoms with Crippen LogP contribution in [0.2, 0.25) is 0 Å². The van der Waals surface area contributed by atoms with E-state index in [2.05, 4.69) is 38.3 Å². The lowest BCUT2D eigenvalue weighted by Crippen LogP contribution is -2.63. The standard InChI is InChI=1S/C18H36Cl2N2/c1-5-9-11-21-15-13-17(7-3,8-4)14-18(20,16(15)19)22-12-10-6-2/h15-16,21-22H,5-14H2,1-4H3. The van der Waals surface area contributed by atoms with Crippen molar-refractivity contribution in [2.75, 3.05) is 13.1 Å². The van der Waals surface area contributed by atoms with Gasteiger partial charge < -0.3 is 5.32 Å². The molecule has 1 saturated carbocycles. The van der Waals surface area contributed by atoms with E-state index in [1.807, 2.05) is 0 Å². The summed E-state index contributed by atoms with van der Waals surface area (Å²) in [5, 5.41) is 7.21. The van der Waals surface area contributed by atoms with Crippen molar-refractivity contribution in [1.29, 1.82) is 0 Å². The smallest absolute Gasteiger partial charge is 0.112 e. The van der Waals surface area contributed by atoms with Crippen molar-refractivity contribution in [2.45, 2.75) is 95.5 Å². The fourth-order valence-electron chi connectivity index (χ4n) is 3.67. The van der Waals surface area contributed by atoms with Gasteiger partial charge in [-0.3, -0.25) is 5.32 Å². The molecule has 2 nitrogen and oxygen atoms in total. The van der Waals surface area contributed by atoms with Gasteiger partial charge >= 0.3 is 0 Å². The molecule has 132 valence electrons. The van der Waals surface area contributed by atoms with Crippen molar-refractivity contribution < 1.29 is 0 Å². The van der Waals surface area contributed by atoms with Gasteiger partial charge in [0.25, 0.3) is 0 Å². The Kier molecular flexibility index (Phi) is 9.07. The zero-order chi connectivity index (χ0) is 16.6. The maximum absolute atomic E-state index is 7.03. The molecule has 3 atom stereocenters. The van der Waals surface area contributed by atoms with E-state index in [0.717, 1.165) is 32.4 Å². The maximum atomic E-state index is 7.03. The highest BCUT2D eigenvalue weighted by Gasteiger charge is 2.51. The average Bonchev–Trinajstić information content (AvgIpc) is 2.52.